The molecule has 2 aliphatic carbocycles. The molecular weight excluding hydrogens is 156 g/mol. The van der Waals surface area contributed by atoms with Gasteiger partial charge in [-0.25, -0.2) is 0 Å². The van der Waals surface area contributed by atoms with Crippen LogP contribution in [0.15, 0.2) is 24.3 Å². The van der Waals surface area contributed by atoms with Crippen LogP contribution in [0.3, 0.4) is 0 Å². The van der Waals surface area contributed by atoms with Crippen LogP contribution in [0.5, 0.6) is 0 Å². The zero-order valence-electron chi connectivity index (χ0n) is 9.01. The van der Waals surface area contributed by atoms with E-state index in [2.05, 4.69) is 45.0 Å². The summed E-state index contributed by atoms with van der Waals surface area (Å²) in [5.74, 6) is 0.949. The van der Waals surface area contributed by atoms with Crippen LogP contribution < -0.4 is 0 Å². The molecule has 0 heteroatoms. The first-order chi connectivity index (χ1) is 6.27. The molecule has 2 rings (SSSR count). The molecule has 0 aromatic heterocycles. The Morgan fingerprint density at radius 3 is 1.92 bits per heavy atom. The van der Waals surface area contributed by atoms with E-state index in [4.69, 9.17) is 0 Å². The van der Waals surface area contributed by atoms with E-state index in [9.17, 15) is 0 Å². The molecule has 0 heterocycles. The highest BCUT2D eigenvalue weighted by Gasteiger charge is 2.06. The highest BCUT2D eigenvalue weighted by Crippen LogP contribution is 2.32. The maximum absolute atomic E-state index is 2.31. The van der Waals surface area contributed by atoms with E-state index in [1.54, 1.807) is 0 Å². The van der Waals surface area contributed by atoms with Crippen LogP contribution in [0.25, 0.3) is 11.1 Å². The maximum atomic E-state index is 2.31. The third kappa shape index (κ3) is 3.63. The lowest BCUT2D eigenvalue weighted by Gasteiger charge is -2.02. The van der Waals surface area contributed by atoms with Gasteiger partial charge in [0.1, 0.15) is 0 Å². The predicted molar refractivity (Wildman–Crippen MR) is 59.8 cm³/mol. The molecule has 1 atom stereocenters. The van der Waals surface area contributed by atoms with E-state index >= 15 is 0 Å². The third-order valence-electron chi connectivity index (χ3n) is 2.59. The van der Waals surface area contributed by atoms with E-state index in [1.807, 2.05) is 0 Å². The highest BCUT2D eigenvalue weighted by molar-refractivity contribution is 5.80. The molecule has 13 heavy (non-hydrogen) atoms. The second-order valence-corrected chi connectivity index (χ2v) is 3.88. The molecule has 0 aliphatic heterocycles. The predicted octanol–water partition coefficient (Wildman–Crippen LogP) is 4.50. The molecule has 0 saturated carbocycles. The zero-order valence-corrected chi connectivity index (χ0v) is 9.01. The van der Waals surface area contributed by atoms with Crippen LogP contribution in [-0.4, -0.2) is 0 Å². The van der Waals surface area contributed by atoms with Crippen molar-refractivity contribution in [2.45, 2.75) is 40.0 Å². The fourth-order valence-electron chi connectivity index (χ4n) is 1.37. The van der Waals surface area contributed by atoms with Gasteiger partial charge in [-0.3, -0.25) is 0 Å². The third-order valence-corrected chi connectivity index (χ3v) is 2.59. The van der Waals surface area contributed by atoms with Crippen LogP contribution in [-0.2, 0) is 0 Å². The quantitative estimate of drug-likeness (QED) is 0.646. The molecule has 0 N–H and O–H groups in total. The monoisotopic (exact) mass is 176 g/mol. The fourth-order valence-corrected chi connectivity index (χ4v) is 1.37. The average molecular weight is 176 g/mol. The van der Waals surface area contributed by atoms with Crippen LogP contribution in [0, 0.1) is 5.92 Å². The van der Waals surface area contributed by atoms with Gasteiger partial charge in [0.15, 0.2) is 0 Å². The van der Waals surface area contributed by atoms with Gasteiger partial charge in [0.05, 0.1) is 0 Å². The Labute approximate surface area is 82.0 Å². The molecular formula is C13H20. The van der Waals surface area contributed by atoms with Crippen molar-refractivity contribution in [3.05, 3.63) is 24.3 Å². The summed E-state index contributed by atoms with van der Waals surface area (Å²) in [7, 11) is 0. The van der Waals surface area contributed by atoms with E-state index in [0.29, 0.717) is 0 Å². The van der Waals surface area contributed by atoms with Gasteiger partial charge in [-0.1, -0.05) is 58.2 Å². The lowest BCUT2D eigenvalue weighted by molar-refractivity contribution is 0.509. The summed E-state index contributed by atoms with van der Waals surface area (Å²) in [4.78, 5) is 0. The van der Waals surface area contributed by atoms with Crippen molar-refractivity contribution in [3.8, 4) is 11.1 Å². The van der Waals surface area contributed by atoms with E-state index in [1.165, 1.54) is 30.4 Å². The Bertz CT molecular complexity index is 233. The summed E-state index contributed by atoms with van der Waals surface area (Å²) in [6.07, 6.45) is 4.08. The van der Waals surface area contributed by atoms with Crippen LogP contribution in [0.4, 0.5) is 0 Å². The summed E-state index contributed by atoms with van der Waals surface area (Å²) in [6, 6.07) is 8.48. The smallest absolute Gasteiger partial charge is 0.0178 e. The lowest BCUT2D eigenvalue weighted by Crippen LogP contribution is -1.88. The van der Waals surface area contributed by atoms with Crippen molar-refractivity contribution in [2.24, 2.45) is 5.92 Å². The van der Waals surface area contributed by atoms with Crippen molar-refractivity contribution < 1.29 is 0 Å². The summed E-state index contributed by atoms with van der Waals surface area (Å²) < 4.78 is 0. The number of benzene rings is 1. The first kappa shape index (κ1) is 10.3. The number of hydrogen-bond donors (Lipinski definition) is 0. The van der Waals surface area contributed by atoms with Gasteiger partial charge in [0.2, 0.25) is 0 Å². The first-order valence-electron chi connectivity index (χ1n) is 5.38. The molecule has 0 aromatic carbocycles. The molecule has 0 amide bonds. The Morgan fingerprint density at radius 1 is 1.15 bits per heavy atom. The Morgan fingerprint density at radius 2 is 1.77 bits per heavy atom. The molecule has 0 bridgehead atoms. The Kier molecular flexibility index (Phi) is 4.01. The maximum Gasteiger partial charge on any atom is -0.0178 e. The zero-order chi connectivity index (χ0) is 9.68. The first-order valence-corrected chi connectivity index (χ1v) is 5.38. The van der Waals surface area contributed by atoms with E-state index in [0.717, 1.165) is 5.92 Å². The van der Waals surface area contributed by atoms with Gasteiger partial charge < -0.3 is 0 Å². The summed E-state index contributed by atoms with van der Waals surface area (Å²) in [6.45, 7) is 6.80. The van der Waals surface area contributed by atoms with Crippen LogP contribution in [0.2, 0.25) is 0 Å². The molecule has 0 aromatic rings. The topological polar surface area (TPSA) is 0 Å². The SMILES string of the molecule is CCCC(C)CC.c1cc2cc-2c1. The summed E-state index contributed by atoms with van der Waals surface area (Å²) >= 11 is 0. The van der Waals surface area contributed by atoms with Crippen molar-refractivity contribution in [2.75, 3.05) is 0 Å². The molecule has 72 valence electrons. The second kappa shape index (κ2) is 5.06. The van der Waals surface area contributed by atoms with Crippen molar-refractivity contribution in [1.82, 2.24) is 0 Å². The van der Waals surface area contributed by atoms with Gasteiger partial charge >= 0.3 is 0 Å². The molecule has 0 saturated heterocycles. The molecule has 1 unspecified atom stereocenters. The molecule has 0 nitrogen and oxygen atoms in total. The van der Waals surface area contributed by atoms with Crippen molar-refractivity contribution in [1.29, 1.82) is 0 Å². The summed E-state index contributed by atoms with van der Waals surface area (Å²) in [5.41, 5.74) is 2.85. The standard InChI is InChI=1S/C7H16.C6H4/c1-4-6-7(3)5-2;1-2-5-4-6(5)3-1/h7H,4-6H2,1-3H3;1-4H. The molecule has 0 fully saturated rings. The van der Waals surface area contributed by atoms with Crippen molar-refractivity contribution in [3.63, 3.8) is 0 Å². The minimum Gasteiger partial charge on any atom is -0.0654 e. The normalized spacial score (nSPS) is 12.8. The highest BCUT2D eigenvalue weighted by atomic mass is 14.1. The van der Waals surface area contributed by atoms with Gasteiger partial charge in [0.25, 0.3) is 0 Å². The number of hydrogen-bond acceptors (Lipinski definition) is 0. The largest absolute Gasteiger partial charge is 0.0654 e. The summed E-state index contributed by atoms with van der Waals surface area (Å²) in [5, 5.41) is 0. The molecule has 0 spiro atoms. The number of rotatable bonds is 3. The fraction of sp³-hybridized carbons (Fsp3) is 0.538. The van der Waals surface area contributed by atoms with Gasteiger partial charge in [-0.15, -0.1) is 0 Å². The minimum atomic E-state index is 0.949. The molecule has 0 radical (unpaired) electrons. The Hall–Kier alpha value is -0.780. The van der Waals surface area contributed by atoms with Crippen LogP contribution in [0.1, 0.15) is 40.0 Å². The lowest BCUT2D eigenvalue weighted by atomic mass is 10.0. The van der Waals surface area contributed by atoms with Crippen molar-refractivity contribution >= 4 is 0 Å². The van der Waals surface area contributed by atoms with Gasteiger partial charge in [0, 0.05) is 0 Å². The van der Waals surface area contributed by atoms with Crippen LogP contribution >= 0.6 is 0 Å². The second-order valence-electron chi connectivity index (χ2n) is 3.88. The van der Waals surface area contributed by atoms with Gasteiger partial charge in [-0.05, 0) is 23.1 Å². The van der Waals surface area contributed by atoms with Gasteiger partial charge in [-0.2, -0.15) is 0 Å². The van der Waals surface area contributed by atoms with E-state index < -0.39 is 0 Å². The van der Waals surface area contributed by atoms with E-state index in [-0.39, 0.29) is 0 Å². The Balaban J connectivity index is 0.000000130. The average Bonchev–Trinajstić information content (AvgIpc) is 2.75. The number of fused-ring (bicyclic) bond motifs is 1. The minimum absolute atomic E-state index is 0.949. The molecule has 2 aliphatic rings.